The first-order valence-electron chi connectivity index (χ1n) is 5.56. The Morgan fingerprint density at radius 2 is 2.11 bits per heavy atom. The number of nitro groups is 1. The van der Waals surface area contributed by atoms with Gasteiger partial charge in [0.15, 0.2) is 5.88 Å². The fourth-order valence-electron chi connectivity index (χ4n) is 1.91. The Labute approximate surface area is 105 Å². The van der Waals surface area contributed by atoms with E-state index in [-0.39, 0.29) is 17.5 Å². The van der Waals surface area contributed by atoms with Gasteiger partial charge in [-0.2, -0.15) is 0 Å². The van der Waals surface area contributed by atoms with E-state index in [1.165, 1.54) is 12.1 Å². The van der Waals surface area contributed by atoms with E-state index in [0.29, 0.717) is 0 Å². The van der Waals surface area contributed by atoms with Crippen molar-refractivity contribution in [2.45, 2.75) is 12.8 Å². The first kappa shape index (κ1) is 12.2. The van der Waals surface area contributed by atoms with Crippen LogP contribution >= 0.6 is 0 Å². The predicted molar refractivity (Wildman–Crippen MR) is 68.1 cm³/mol. The highest BCUT2D eigenvalue weighted by Gasteiger charge is 2.18. The molecular formula is C13H14N2O3. The highest BCUT2D eigenvalue weighted by molar-refractivity contribution is 5.41. The fraction of sp³-hybridized carbons (Fsp3) is 0.231. The van der Waals surface area contributed by atoms with E-state index in [2.05, 4.69) is 0 Å². The molecule has 0 fully saturated rings. The molecule has 1 aliphatic rings. The molecule has 1 atom stereocenters. The van der Waals surface area contributed by atoms with Crippen molar-refractivity contribution in [2.75, 3.05) is 7.05 Å². The molecular weight excluding hydrogens is 232 g/mol. The number of aliphatic hydroxyl groups excluding tert-OH is 1. The molecule has 5 heteroatoms. The van der Waals surface area contributed by atoms with Crippen LogP contribution in [0.3, 0.4) is 0 Å². The lowest BCUT2D eigenvalue weighted by atomic mass is 9.95. The Morgan fingerprint density at radius 1 is 1.39 bits per heavy atom. The van der Waals surface area contributed by atoms with Gasteiger partial charge in [-0.1, -0.05) is 18.2 Å². The quantitative estimate of drug-likeness (QED) is 0.643. The minimum absolute atomic E-state index is 0.0605. The van der Waals surface area contributed by atoms with Gasteiger partial charge in [-0.15, -0.1) is 0 Å². The molecule has 2 rings (SSSR count). The van der Waals surface area contributed by atoms with Crippen molar-refractivity contribution in [1.82, 2.24) is 4.90 Å². The number of nitrogens with zero attached hydrogens (tertiary/aromatic N) is 2. The molecule has 1 unspecified atom stereocenters. The molecule has 1 N–H and O–H groups in total. The Kier molecular flexibility index (Phi) is 3.06. The number of benzene rings is 1. The highest BCUT2D eigenvalue weighted by atomic mass is 16.6. The van der Waals surface area contributed by atoms with E-state index < -0.39 is 4.92 Å². The minimum atomic E-state index is -0.418. The summed E-state index contributed by atoms with van der Waals surface area (Å²) in [6.07, 6.45) is 3.63. The topological polar surface area (TPSA) is 66.6 Å². The van der Waals surface area contributed by atoms with E-state index >= 15 is 0 Å². The van der Waals surface area contributed by atoms with Crippen molar-refractivity contribution in [2.24, 2.45) is 0 Å². The standard InChI is InChI=1S/C13H14N2O3/c1-9-6-11(8-13(16)14(9)2)10-4-3-5-12(7-10)15(17)18/h3-8,11,16H,1-2H3. The molecule has 18 heavy (non-hydrogen) atoms. The Hall–Kier alpha value is -2.30. The molecule has 1 aromatic rings. The molecule has 0 spiro atoms. The summed E-state index contributed by atoms with van der Waals surface area (Å²) in [5, 5.41) is 20.5. The third-order valence-corrected chi connectivity index (χ3v) is 3.09. The van der Waals surface area contributed by atoms with Crippen molar-refractivity contribution >= 4 is 5.69 Å². The average Bonchev–Trinajstić information content (AvgIpc) is 2.35. The maximum absolute atomic E-state index is 10.7. The van der Waals surface area contributed by atoms with Crippen LogP contribution in [0.5, 0.6) is 0 Å². The highest BCUT2D eigenvalue weighted by Crippen LogP contribution is 2.29. The molecule has 0 saturated carbocycles. The van der Waals surface area contributed by atoms with Crippen LogP contribution in [0.2, 0.25) is 0 Å². The maximum atomic E-state index is 10.7. The summed E-state index contributed by atoms with van der Waals surface area (Å²) in [5.41, 5.74) is 1.76. The van der Waals surface area contributed by atoms with E-state index in [9.17, 15) is 15.2 Å². The van der Waals surface area contributed by atoms with Crippen molar-refractivity contribution in [1.29, 1.82) is 0 Å². The van der Waals surface area contributed by atoms with Gasteiger partial charge in [-0.05, 0) is 18.6 Å². The fourth-order valence-corrected chi connectivity index (χ4v) is 1.91. The van der Waals surface area contributed by atoms with Crippen molar-refractivity contribution in [3.05, 3.63) is 63.7 Å². The third kappa shape index (κ3) is 2.20. The third-order valence-electron chi connectivity index (χ3n) is 3.09. The van der Waals surface area contributed by atoms with Gasteiger partial charge in [0.25, 0.3) is 5.69 Å². The van der Waals surface area contributed by atoms with Crippen LogP contribution in [-0.4, -0.2) is 22.0 Å². The van der Waals surface area contributed by atoms with Crippen LogP contribution in [0.25, 0.3) is 0 Å². The maximum Gasteiger partial charge on any atom is 0.269 e. The van der Waals surface area contributed by atoms with E-state index in [4.69, 9.17) is 0 Å². The number of allylic oxidation sites excluding steroid dienone is 3. The summed E-state index contributed by atoms with van der Waals surface area (Å²) in [7, 11) is 1.77. The van der Waals surface area contributed by atoms with Gasteiger partial charge in [0, 0.05) is 30.8 Å². The van der Waals surface area contributed by atoms with E-state index in [1.807, 2.05) is 19.1 Å². The van der Waals surface area contributed by atoms with Crippen molar-refractivity contribution < 1.29 is 10.0 Å². The van der Waals surface area contributed by atoms with Gasteiger partial charge in [-0.25, -0.2) is 0 Å². The summed E-state index contributed by atoms with van der Waals surface area (Å²) in [6, 6.07) is 6.46. The molecule has 94 valence electrons. The van der Waals surface area contributed by atoms with E-state index in [1.54, 1.807) is 24.1 Å². The lowest BCUT2D eigenvalue weighted by molar-refractivity contribution is -0.384. The number of non-ortho nitro benzene ring substituents is 1. The summed E-state index contributed by atoms with van der Waals surface area (Å²) in [5.74, 6) is 0.0209. The second-order valence-electron chi connectivity index (χ2n) is 4.27. The normalized spacial score (nSPS) is 19.2. The molecule has 0 aliphatic carbocycles. The van der Waals surface area contributed by atoms with Crippen LogP contribution < -0.4 is 0 Å². The number of hydrogen-bond donors (Lipinski definition) is 1. The van der Waals surface area contributed by atoms with Crippen molar-refractivity contribution in [3.8, 4) is 0 Å². The van der Waals surface area contributed by atoms with Crippen LogP contribution in [0.4, 0.5) is 5.69 Å². The van der Waals surface area contributed by atoms with E-state index in [0.717, 1.165) is 11.3 Å². The predicted octanol–water partition coefficient (Wildman–Crippen LogP) is 2.93. The van der Waals surface area contributed by atoms with Gasteiger partial charge in [0.1, 0.15) is 0 Å². The zero-order valence-electron chi connectivity index (χ0n) is 10.2. The smallest absolute Gasteiger partial charge is 0.269 e. The van der Waals surface area contributed by atoms with Gasteiger partial charge < -0.3 is 10.0 Å². The van der Waals surface area contributed by atoms with Gasteiger partial charge in [-0.3, -0.25) is 10.1 Å². The molecule has 1 aliphatic heterocycles. The first-order chi connectivity index (χ1) is 8.49. The summed E-state index contributed by atoms with van der Waals surface area (Å²) >= 11 is 0. The second kappa shape index (κ2) is 4.52. The number of rotatable bonds is 2. The number of hydrogen-bond acceptors (Lipinski definition) is 4. The van der Waals surface area contributed by atoms with Crippen LogP contribution in [-0.2, 0) is 0 Å². The molecule has 0 saturated heterocycles. The number of aliphatic hydroxyl groups is 1. The van der Waals surface area contributed by atoms with Gasteiger partial charge in [0.2, 0.25) is 0 Å². The zero-order valence-corrected chi connectivity index (χ0v) is 10.2. The molecule has 5 nitrogen and oxygen atoms in total. The minimum Gasteiger partial charge on any atom is -0.495 e. The summed E-state index contributed by atoms with van der Waals surface area (Å²) in [6.45, 7) is 1.88. The summed E-state index contributed by atoms with van der Waals surface area (Å²) in [4.78, 5) is 12.0. The Balaban J connectivity index is 2.38. The van der Waals surface area contributed by atoms with Crippen molar-refractivity contribution in [3.63, 3.8) is 0 Å². The zero-order chi connectivity index (χ0) is 13.3. The molecule has 1 heterocycles. The molecule has 0 bridgehead atoms. The Bertz CT molecular complexity index is 529. The van der Waals surface area contributed by atoms with Gasteiger partial charge in [0.05, 0.1) is 4.92 Å². The molecule has 0 radical (unpaired) electrons. The lowest BCUT2D eigenvalue weighted by Gasteiger charge is -2.26. The molecule has 0 amide bonds. The summed E-state index contributed by atoms with van der Waals surface area (Å²) < 4.78 is 0. The molecule has 0 aromatic heterocycles. The van der Waals surface area contributed by atoms with Crippen LogP contribution in [0.15, 0.2) is 48.0 Å². The average molecular weight is 246 g/mol. The van der Waals surface area contributed by atoms with Crippen LogP contribution in [0, 0.1) is 10.1 Å². The molecule has 1 aromatic carbocycles. The van der Waals surface area contributed by atoms with Gasteiger partial charge >= 0.3 is 0 Å². The lowest BCUT2D eigenvalue weighted by Crippen LogP contribution is -2.20. The Morgan fingerprint density at radius 3 is 2.72 bits per heavy atom. The van der Waals surface area contributed by atoms with Crippen LogP contribution in [0.1, 0.15) is 18.4 Å². The SMILES string of the molecule is CC1=CC(c2cccc([N+](=O)[O-])c2)C=C(O)N1C. The monoisotopic (exact) mass is 246 g/mol. The second-order valence-corrected chi connectivity index (χ2v) is 4.27. The number of nitro benzene ring substituents is 1. The largest absolute Gasteiger partial charge is 0.495 e. The first-order valence-corrected chi connectivity index (χ1v) is 5.56.